The van der Waals surface area contributed by atoms with Crippen molar-refractivity contribution < 1.29 is 9.53 Å². The van der Waals surface area contributed by atoms with Gasteiger partial charge in [-0.25, -0.2) is 0 Å². The van der Waals surface area contributed by atoms with E-state index >= 15 is 0 Å². The number of rotatable bonds is 2. The normalized spacial score (nSPS) is 28.3. The Bertz CT molecular complexity index is 227. The van der Waals surface area contributed by atoms with Gasteiger partial charge in [-0.3, -0.25) is 9.69 Å². The molecular formula is C11H20N2O2. The van der Waals surface area contributed by atoms with Gasteiger partial charge in [0.05, 0.1) is 13.2 Å². The van der Waals surface area contributed by atoms with Crippen molar-refractivity contribution in [1.29, 1.82) is 0 Å². The van der Waals surface area contributed by atoms with E-state index in [0.29, 0.717) is 6.04 Å². The third-order valence-electron chi connectivity index (χ3n) is 3.35. The predicted octanol–water partition coefficient (Wildman–Crippen LogP) is 0.329. The summed E-state index contributed by atoms with van der Waals surface area (Å²) in [6, 6.07) is 0.445. The maximum Gasteiger partial charge on any atom is 0.219 e. The number of hydrogen-bond acceptors (Lipinski definition) is 3. The zero-order chi connectivity index (χ0) is 10.7. The van der Waals surface area contributed by atoms with E-state index in [0.717, 1.165) is 52.2 Å². The quantitative estimate of drug-likeness (QED) is 0.661. The van der Waals surface area contributed by atoms with Crippen molar-refractivity contribution in [1.82, 2.24) is 9.80 Å². The van der Waals surface area contributed by atoms with Crippen LogP contribution in [0.25, 0.3) is 0 Å². The first-order chi connectivity index (χ1) is 7.27. The van der Waals surface area contributed by atoms with Crippen LogP contribution in [0.15, 0.2) is 0 Å². The molecule has 0 saturated carbocycles. The molecule has 0 aromatic heterocycles. The molecule has 86 valence electrons. The SMILES string of the molecule is CC(=O)N1CCCC1CN1CCOCC1. The molecule has 0 radical (unpaired) electrons. The van der Waals surface area contributed by atoms with Crippen LogP contribution >= 0.6 is 0 Å². The molecule has 2 saturated heterocycles. The first kappa shape index (κ1) is 10.9. The van der Waals surface area contributed by atoms with Gasteiger partial charge in [0.25, 0.3) is 0 Å². The van der Waals surface area contributed by atoms with E-state index in [1.54, 1.807) is 6.92 Å². The van der Waals surface area contributed by atoms with Crippen molar-refractivity contribution in [3.8, 4) is 0 Å². The molecule has 0 aromatic rings. The minimum atomic E-state index is 0.228. The second-order valence-electron chi connectivity index (χ2n) is 4.42. The Morgan fingerprint density at radius 1 is 1.33 bits per heavy atom. The van der Waals surface area contributed by atoms with Crippen molar-refractivity contribution in [3.63, 3.8) is 0 Å². The van der Waals surface area contributed by atoms with Gasteiger partial charge in [-0.05, 0) is 12.8 Å². The lowest BCUT2D eigenvalue weighted by Crippen LogP contribution is -2.46. The zero-order valence-corrected chi connectivity index (χ0v) is 9.45. The lowest BCUT2D eigenvalue weighted by Gasteiger charge is -2.32. The molecule has 0 aromatic carbocycles. The molecule has 2 heterocycles. The molecule has 0 N–H and O–H groups in total. The number of carbonyl (C=O) groups is 1. The highest BCUT2D eigenvalue weighted by Crippen LogP contribution is 2.18. The molecule has 1 amide bonds. The standard InChI is InChI=1S/C11H20N2O2/c1-10(14)13-4-2-3-11(13)9-12-5-7-15-8-6-12/h11H,2-9H2,1H3. The molecule has 2 rings (SSSR count). The van der Waals surface area contributed by atoms with Crippen LogP contribution in [0.3, 0.4) is 0 Å². The van der Waals surface area contributed by atoms with Crippen LogP contribution in [-0.4, -0.2) is 61.1 Å². The fourth-order valence-electron chi connectivity index (χ4n) is 2.52. The average molecular weight is 212 g/mol. The van der Waals surface area contributed by atoms with E-state index in [1.807, 2.05) is 4.90 Å². The number of likely N-dealkylation sites (tertiary alicyclic amines) is 1. The first-order valence-electron chi connectivity index (χ1n) is 5.84. The van der Waals surface area contributed by atoms with Gasteiger partial charge in [-0.15, -0.1) is 0 Å². The summed E-state index contributed by atoms with van der Waals surface area (Å²) >= 11 is 0. The van der Waals surface area contributed by atoms with Gasteiger partial charge in [-0.1, -0.05) is 0 Å². The molecule has 1 atom stereocenters. The summed E-state index contributed by atoms with van der Waals surface area (Å²) in [5.41, 5.74) is 0. The van der Waals surface area contributed by atoms with Gasteiger partial charge < -0.3 is 9.64 Å². The van der Waals surface area contributed by atoms with Crippen LogP contribution in [0.2, 0.25) is 0 Å². The largest absolute Gasteiger partial charge is 0.379 e. The Hall–Kier alpha value is -0.610. The monoisotopic (exact) mass is 212 g/mol. The van der Waals surface area contributed by atoms with Crippen molar-refractivity contribution in [2.75, 3.05) is 39.4 Å². The van der Waals surface area contributed by atoms with Crippen LogP contribution in [0.1, 0.15) is 19.8 Å². The summed E-state index contributed by atoms with van der Waals surface area (Å²) < 4.78 is 5.32. The van der Waals surface area contributed by atoms with E-state index < -0.39 is 0 Å². The molecule has 0 aliphatic carbocycles. The lowest BCUT2D eigenvalue weighted by atomic mass is 10.2. The summed E-state index contributed by atoms with van der Waals surface area (Å²) in [5.74, 6) is 0.228. The van der Waals surface area contributed by atoms with Gasteiger partial charge in [0, 0.05) is 39.1 Å². The number of amides is 1. The molecule has 1 unspecified atom stereocenters. The summed E-state index contributed by atoms with van der Waals surface area (Å²) in [4.78, 5) is 15.8. The number of carbonyl (C=O) groups excluding carboxylic acids is 1. The minimum absolute atomic E-state index is 0.228. The van der Waals surface area contributed by atoms with Crippen molar-refractivity contribution in [2.45, 2.75) is 25.8 Å². The molecule has 15 heavy (non-hydrogen) atoms. The summed E-state index contributed by atoms with van der Waals surface area (Å²) in [6.07, 6.45) is 2.32. The molecule has 2 aliphatic rings. The van der Waals surface area contributed by atoms with Crippen molar-refractivity contribution in [2.24, 2.45) is 0 Å². The van der Waals surface area contributed by atoms with Crippen LogP contribution in [0, 0.1) is 0 Å². The second kappa shape index (κ2) is 4.94. The van der Waals surface area contributed by atoms with Gasteiger partial charge in [0.15, 0.2) is 0 Å². The number of morpholine rings is 1. The number of ether oxygens (including phenoxy) is 1. The van der Waals surface area contributed by atoms with Gasteiger partial charge >= 0.3 is 0 Å². The maximum absolute atomic E-state index is 11.4. The minimum Gasteiger partial charge on any atom is -0.379 e. The zero-order valence-electron chi connectivity index (χ0n) is 9.45. The third-order valence-corrected chi connectivity index (χ3v) is 3.35. The highest BCUT2D eigenvalue weighted by Gasteiger charge is 2.28. The van der Waals surface area contributed by atoms with Gasteiger partial charge in [-0.2, -0.15) is 0 Å². The maximum atomic E-state index is 11.4. The van der Waals surface area contributed by atoms with Crippen LogP contribution in [-0.2, 0) is 9.53 Å². The van der Waals surface area contributed by atoms with E-state index in [-0.39, 0.29) is 5.91 Å². The van der Waals surface area contributed by atoms with Gasteiger partial charge in [0.2, 0.25) is 5.91 Å². The topological polar surface area (TPSA) is 32.8 Å². The molecule has 0 spiro atoms. The van der Waals surface area contributed by atoms with Crippen LogP contribution in [0.5, 0.6) is 0 Å². The van der Waals surface area contributed by atoms with Crippen LogP contribution < -0.4 is 0 Å². The smallest absolute Gasteiger partial charge is 0.219 e. The van der Waals surface area contributed by atoms with E-state index in [4.69, 9.17) is 4.74 Å². The first-order valence-corrected chi connectivity index (χ1v) is 5.84. The molecular weight excluding hydrogens is 192 g/mol. The van der Waals surface area contributed by atoms with E-state index in [9.17, 15) is 4.79 Å². The number of hydrogen-bond donors (Lipinski definition) is 0. The summed E-state index contributed by atoms with van der Waals surface area (Å²) in [7, 11) is 0. The lowest BCUT2D eigenvalue weighted by molar-refractivity contribution is -0.130. The van der Waals surface area contributed by atoms with E-state index in [1.165, 1.54) is 0 Å². The third kappa shape index (κ3) is 2.69. The Morgan fingerprint density at radius 3 is 2.73 bits per heavy atom. The van der Waals surface area contributed by atoms with Crippen molar-refractivity contribution in [3.05, 3.63) is 0 Å². The Kier molecular flexibility index (Phi) is 3.59. The Balaban J connectivity index is 1.84. The van der Waals surface area contributed by atoms with Gasteiger partial charge in [0.1, 0.15) is 0 Å². The molecule has 4 heteroatoms. The fourth-order valence-corrected chi connectivity index (χ4v) is 2.52. The highest BCUT2D eigenvalue weighted by atomic mass is 16.5. The highest BCUT2D eigenvalue weighted by molar-refractivity contribution is 5.73. The number of nitrogens with zero attached hydrogens (tertiary/aromatic N) is 2. The molecule has 4 nitrogen and oxygen atoms in total. The van der Waals surface area contributed by atoms with Crippen molar-refractivity contribution >= 4 is 5.91 Å². The average Bonchev–Trinajstić information content (AvgIpc) is 2.67. The molecule has 2 aliphatic heterocycles. The van der Waals surface area contributed by atoms with E-state index in [2.05, 4.69) is 4.90 Å². The summed E-state index contributed by atoms with van der Waals surface area (Å²) in [6.45, 7) is 7.37. The Labute approximate surface area is 91.2 Å². The fraction of sp³-hybridized carbons (Fsp3) is 0.909. The predicted molar refractivity (Wildman–Crippen MR) is 57.7 cm³/mol. The Morgan fingerprint density at radius 2 is 2.07 bits per heavy atom. The molecule has 0 bridgehead atoms. The summed E-state index contributed by atoms with van der Waals surface area (Å²) in [5, 5.41) is 0. The molecule has 2 fully saturated rings. The second-order valence-corrected chi connectivity index (χ2v) is 4.42. The van der Waals surface area contributed by atoms with Crippen LogP contribution in [0.4, 0.5) is 0 Å².